The van der Waals surface area contributed by atoms with Crippen molar-refractivity contribution in [3.05, 3.63) is 105 Å². The number of carbonyl (C=O) groups is 1. The Kier molecular flexibility index (Phi) is 6.71. The van der Waals surface area contributed by atoms with E-state index in [0.717, 1.165) is 0 Å². The molecule has 7 nitrogen and oxygen atoms in total. The highest BCUT2D eigenvalue weighted by Crippen LogP contribution is 2.24. The summed E-state index contributed by atoms with van der Waals surface area (Å²) in [5.41, 5.74) is 0.711. The quantitative estimate of drug-likeness (QED) is 0.256. The number of nitro groups is 1. The van der Waals surface area contributed by atoms with Crippen molar-refractivity contribution in [2.45, 2.75) is 6.61 Å². The third kappa shape index (κ3) is 5.52. The summed E-state index contributed by atoms with van der Waals surface area (Å²) in [5, 5.41) is 22.7. The van der Waals surface area contributed by atoms with E-state index in [0.29, 0.717) is 16.9 Å². The second-order valence-electron chi connectivity index (χ2n) is 6.36. The second kappa shape index (κ2) is 9.80. The number of hydrogen-bond acceptors (Lipinski definition) is 5. The van der Waals surface area contributed by atoms with Crippen LogP contribution in [0.15, 0.2) is 78.4 Å². The molecule has 31 heavy (non-hydrogen) atoms. The van der Waals surface area contributed by atoms with Crippen molar-refractivity contribution in [2.24, 2.45) is 0 Å². The molecule has 0 heterocycles. The van der Waals surface area contributed by atoms with Gasteiger partial charge in [-0.3, -0.25) is 14.9 Å². The molecule has 0 aliphatic carbocycles. The number of nitrogens with one attached hydrogen (secondary N) is 1. The molecule has 0 radical (unpaired) electrons. The fourth-order valence-corrected chi connectivity index (χ4v) is 2.71. The van der Waals surface area contributed by atoms with Gasteiger partial charge in [0.2, 0.25) is 0 Å². The molecule has 1 N–H and O–H groups in total. The first kappa shape index (κ1) is 21.2. The van der Waals surface area contributed by atoms with Crippen molar-refractivity contribution < 1.29 is 18.8 Å². The number of para-hydroxylation sites is 2. The Balaban J connectivity index is 1.79. The maximum Gasteiger partial charge on any atom is 0.269 e. The first-order valence-corrected chi connectivity index (χ1v) is 9.11. The third-order valence-electron chi connectivity index (χ3n) is 4.22. The topological polar surface area (TPSA) is 105 Å². The first-order valence-electron chi connectivity index (χ1n) is 9.11. The minimum atomic E-state index is -0.763. The lowest BCUT2D eigenvalue weighted by Crippen LogP contribution is -2.14. The van der Waals surface area contributed by atoms with Crippen molar-refractivity contribution in [3.63, 3.8) is 0 Å². The van der Waals surface area contributed by atoms with E-state index in [-0.39, 0.29) is 23.6 Å². The summed E-state index contributed by atoms with van der Waals surface area (Å²) in [6.07, 6.45) is 1.33. The van der Waals surface area contributed by atoms with Crippen LogP contribution < -0.4 is 10.1 Å². The Morgan fingerprint density at radius 1 is 1.13 bits per heavy atom. The highest BCUT2D eigenvalue weighted by atomic mass is 19.1. The van der Waals surface area contributed by atoms with Crippen molar-refractivity contribution >= 4 is 23.4 Å². The molecule has 3 aromatic rings. The summed E-state index contributed by atoms with van der Waals surface area (Å²) in [6, 6.07) is 20.2. The van der Waals surface area contributed by atoms with E-state index in [1.807, 2.05) is 6.07 Å². The molecule has 0 spiro atoms. The summed E-state index contributed by atoms with van der Waals surface area (Å²) < 4.78 is 19.5. The maximum absolute atomic E-state index is 13.8. The number of anilines is 1. The molecule has 0 fully saturated rings. The summed E-state index contributed by atoms with van der Waals surface area (Å²) in [6.45, 7) is 0.0514. The van der Waals surface area contributed by atoms with E-state index in [2.05, 4.69) is 5.32 Å². The number of ether oxygens (including phenoxy) is 1. The molecule has 154 valence electrons. The van der Waals surface area contributed by atoms with Crippen LogP contribution in [0.3, 0.4) is 0 Å². The van der Waals surface area contributed by atoms with Crippen LogP contribution in [0.1, 0.15) is 11.1 Å². The molecule has 0 unspecified atom stereocenters. The number of non-ortho nitro benzene ring substituents is 1. The summed E-state index contributed by atoms with van der Waals surface area (Å²) in [4.78, 5) is 22.8. The smallest absolute Gasteiger partial charge is 0.269 e. The van der Waals surface area contributed by atoms with Crippen LogP contribution in [0.4, 0.5) is 15.8 Å². The number of hydrogen-bond donors (Lipinski definition) is 1. The Labute approximate surface area is 177 Å². The zero-order valence-electron chi connectivity index (χ0n) is 16.1. The van der Waals surface area contributed by atoms with Gasteiger partial charge in [-0.1, -0.05) is 42.5 Å². The number of nitro benzene ring substituents is 1. The van der Waals surface area contributed by atoms with Gasteiger partial charge in [0.25, 0.3) is 11.6 Å². The number of rotatable bonds is 7. The minimum Gasteiger partial charge on any atom is -0.488 e. The zero-order chi connectivity index (χ0) is 22.2. The SMILES string of the molecule is N#C/C(=C/c1ccccc1OCc1cccc([N+](=O)[O-])c1)C(=O)Nc1ccccc1F. The molecule has 1 amide bonds. The first-order chi connectivity index (χ1) is 15.0. The zero-order valence-corrected chi connectivity index (χ0v) is 16.1. The van der Waals surface area contributed by atoms with Gasteiger partial charge in [0.1, 0.15) is 29.8 Å². The van der Waals surface area contributed by atoms with E-state index in [1.54, 1.807) is 42.5 Å². The average molecular weight is 417 g/mol. The van der Waals surface area contributed by atoms with Gasteiger partial charge >= 0.3 is 0 Å². The molecular formula is C23H16FN3O4. The van der Waals surface area contributed by atoms with Crippen LogP contribution in [0, 0.1) is 27.3 Å². The van der Waals surface area contributed by atoms with E-state index in [9.17, 15) is 24.6 Å². The highest BCUT2D eigenvalue weighted by molar-refractivity contribution is 6.09. The summed E-state index contributed by atoms with van der Waals surface area (Å²) in [7, 11) is 0. The normalized spacial score (nSPS) is 10.8. The highest BCUT2D eigenvalue weighted by Gasteiger charge is 2.13. The van der Waals surface area contributed by atoms with Gasteiger partial charge in [0, 0.05) is 17.7 Å². The molecule has 8 heteroatoms. The Morgan fingerprint density at radius 2 is 1.87 bits per heavy atom. The van der Waals surface area contributed by atoms with Crippen LogP contribution in [0.25, 0.3) is 6.08 Å². The molecule has 0 saturated carbocycles. The number of amides is 1. The van der Waals surface area contributed by atoms with Gasteiger partial charge in [-0.15, -0.1) is 0 Å². The van der Waals surface area contributed by atoms with Crippen molar-refractivity contribution in [1.29, 1.82) is 5.26 Å². The molecule has 0 saturated heterocycles. The third-order valence-corrected chi connectivity index (χ3v) is 4.22. The predicted octanol–water partition coefficient (Wildman–Crippen LogP) is 4.86. The lowest BCUT2D eigenvalue weighted by Gasteiger charge is -2.10. The average Bonchev–Trinajstić information content (AvgIpc) is 2.78. The Hall–Kier alpha value is -4.51. The molecule has 0 bridgehead atoms. The van der Waals surface area contributed by atoms with Crippen LogP contribution in [0.5, 0.6) is 5.75 Å². The number of benzene rings is 3. The predicted molar refractivity (Wildman–Crippen MR) is 112 cm³/mol. The summed E-state index contributed by atoms with van der Waals surface area (Å²) >= 11 is 0. The molecule has 3 aromatic carbocycles. The lowest BCUT2D eigenvalue weighted by atomic mass is 10.1. The van der Waals surface area contributed by atoms with Gasteiger partial charge in [0.05, 0.1) is 10.6 Å². The minimum absolute atomic E-state index is 0.0381. The van der Waals surface area contributed by atoms with Crippen molar-refractivity contribution in [3.8, 4) is 11.8 Å². The summed E-state index contributed by atoms with van der Waals surface area (Å²) in [5.74, 6) is -1.00. The molecule has 0 aliphatic rings. The van der Waals surface area contributed by atoms with Crippen LogP contribution >= 0.6 is 0 Å². The van der Waals surface area contributed by atoms with E-state index in [4.69, 9.17) is 4.74 Å². The fourth-order valence-electron chi connectivity index (χ4n) is 2.71. The Bertz CT molecular complexity index is 1200. The van der Waals surface area contributed by atoms with Gasteiger partial charge in [0.15, 0.2) is 0 Å². The number of halogens is 1. The molecule has 0 atom stereocenters. The number of nitriles is 1. The molecular weight excluding hydrogens is 401 g/mol. The standard InChI is InChI=1S/C23H16FN3O4/c24-20-9-2-3-10-21(20)26-23(28)18(14-25)13-17-7-1-4-11-22(17)31-15-16-6-5-8-19(12-16)27(29)30/h1-13H,15H2,(H,26,28)/b18-13-. The Morgan fingerprint density at radius 3 is 2.61 bits per heavy atom. The van der Waals surface area contributed by atoms with Gasteiger partial charge in [-0.2, -0.15) is 5.26 Å². The fraction of sp³-hybridized carbons (Fsp3) is 0.0435. The van der Waals surface area contributed by atoms with Crippen LogP contribution in [-0.4, -0.2) is 10.8 Å². The van der Waals surface area contributed by atoms with Gasteiger partial charge in [-0.25, -0.2) is 4.39 Å². The lowest BCUT2D eigenvalue weighted by molar-refractivity contribution is -0.384. The molecule has 0 aliphatic heterocycles. The van der Waals surface area contributed by atoms with Crippen LogP contribution in [-0.2, 0) is 11.4 Å². The van der Waals surface area contributed by atoms with Gasteiger partial charge < -0.3 is 10.1 Å². The maximum atomic E-state index is 13.8. The van der Waals surface area contributed by atoms with Crippen molar-refractivity contribution in [2.75, 3.05) is 5.32 Å². The van der Waals surface area contributed by atoms with Crippen molar-refractivity contribution in [1.82, 2.24) is 0 Å². The second-order valence-corrected chi connectivity index (χ2v) is 6.36. The largest absolute Gasteiger partial charge is 0.488 e. The number of nitrogens with zero attached hydrogens (tertiary/aromatic N) is 2. The van der Waals surface area contributed by atoms with E-state index >= 15 is 0 Å². The van der Waals surface area contributed by atoms with E-state index in [1.165, 1.54) is 36.4 Å². The monoisotopic (exact) mass is 417 g/mol. The van der Waals surface area contributed by atoms with E-state index < -0.39 is 16.6 Å². The van der Waals surface area contributed by atoms with Crippen LogP contribution in [0.2, 0.25) is 0 Å². The molecule has 3 rings (SSSR count). The van der Waals surface area contributed by atoms with Gasteiger partial charge in [-0.05, 0) is 29.8 Å². The molecule has 0 aromatic heterocycles. The number of carbonyl (C=O) groups excluding carboxylic acids is 1.